The highest BCUT2D eigenvalue weighted by molar-refractivity contribution is 5.05. The highest BCUT2D eigenvalue weighted by atomic mass is 16.1. The van der Waals surface area contributed by atoms with Gasteiger partial charge < -0.3 is 10.8 Å². The molecular weight excluding hydrogens is 178 g/mol. The Morgan fingerprint density at radius 2 is 2.14 bits per heavy atom. The van der Waals surface area contributed by atoms with E-state index in [2.05, 4.69) is 25.9 Å². The van der Waals surface area contributed by atoms with Crippen LogP contribution in [0.25, 0.3) is 0 Å². The second-order valence-corrected chi connectivity index (χ2v) is 4.79. The van der Waals surface area contributed by atoms with Crippen molar-refractivity contribution in [2.75, 3.05) is 6.54 Å². The van der Waals surface area contributed by atoms with Crippen molar-refractivity contribution in [2.24, 2.45) is 11.1 Å². The van der Waals surface area contributed by atoms with E-state index in [1.54, 1.807) is 10.9 Å². The van der Waals surface area contributed by atoms with Crippen molar-refractivity contribution in [3.63, 3.8) is 0 Å². The molecular formula is C10H19N3O. The summed E-state index contributed by atoms with van der Waals surface area (Å²) < 4.78 is 1.64. The predicted octanol–water partition coefficient (Wildman–Crippen LogP) is 0.724. The van der Waals surface area contributed by atoms with Crippen molar-refractivity contribution in [3.8, 4) is 0 Å². The zero-order valence-corrected chi connectivity index (χ0v) is 9.13. The molecule has 0 unspecified atom stereocenters. The van der Waals surface area contributed by atoms with Crippen molar-refractivity contribution in [2.45, 2.75) is 33.7 Å². The Morgan fingerprint density at radius 3 is 2.64 bits per heavy atom. The van der Waals surface area contributed by atoms with Crippen LogP contribution in [0.1, 0.15) is 26.3 Å². The Kier molecular flexibility index (Phi) is 3.16. The predicted molar refractivity (Wildman–Crippen MR) is 57.3 cm³/mol. The normalized spacial score (nSPS) is 12.0. The molecule has 0 fully saturated rings. The molecule has 1 rings (SSSR count). The van der Waals surface area contributed by atoms with Gasteiger partial charge in [-0.25, -0.2) is 0 Å². The van der Waals surface area contributed by atoms with Gasteiger partial charge in [-0.05, 0) is 18.4 Å². The summed E-state index contributed by atoms with van der Waals surface area (Å²) in [6.07, 6.45) is 2.40. The van der Waals surface area contributed by atoms with Crippen LogP contribution in [0.3, 0.4) is 0 Å². The number of rotatable bonds is 3. The number of hydrogen-bond acceptors (Lipinski definition) is 2. The summed E-state index contributed by atoms with van der Waals surface area (Å²) in [5, 5.41) is 2.96. The zero-order valence-electron chi connectivity index (χ0n) is 9.13. The lowest BCUT2D eigenvalue weighted by atomic mass is 9.97. The monoisotopic (exact) mass is 197 g/mol. The average Bonchev–Trinajstić information content (AvgIpc) is 2.34. The number of nitrogens with zero attached hydrogens (tertiary/aromatic N) is 1. The first kappa shape index (κ1) is 11.0. The Bertz CT molecular complexity index is 343. The molecule has 1 aromatic heterocycles. The summed E-state index contributed by atoms with van der Waals surface area (Å²) in [5.74, 6) is 0. The van der Waals surface area contributed by atoms with Gasteiger partial charge in [0, 0.05) is 18.3 Å². The fourth-order valence-electron chi connectivity index (χ4n) is 1.38. The largest absolute Gasteiger partial charge is 0.330 e. The van der Waals surface area contributed by atoms with Gasteiger partial charge in [0.2, 0.25) is 0 Å². The second kappa shape index (κ2) is 4.00. The molecule has 0 aromatic carbocycles. The first-order chi connectivity index (χ1) is 6.44. The smallest absolute Gasteiger partial charge is 0.269 e. The molecule has 80 valence electrons. The quantitative estimate of drug-likeness (QED) is 0.750. The van der Waals surface area contributed by atoms with E-state index in [-0.39, 0.29) is 11.0 Å². The van der Waals surface area contributed by atoms with E-state index >= 15 is 0 Å². The Hall–Kier alpha value is -1.03. The molecule has 4 heteroatoms. The second-order valence-electron chi connectivity index (χ2n) is 4.79. The minimum atomic E-state index is 0.0605. The highest BCUT2D eigenvalue weighted by Crippen LogP contribution is 2.14. The summed E-state index contributed by atoms with van der Waals surface area (Å²) in [6, 6.07) is 0. The maximum atomic E-state index is 11.7. The van der Waals surface area contributed by atoms with Crippen LogP contribution in [0, 0.1) is 5.41 Å². The molecule has 0 saturated carbocycles. The van der Waals surface area contributed by atoms with E-state index < -0.39 is 0 Å². The number of nitrogens with one attached hydrogen (secondary N) is 1. The molecule has 0 saturated heterocycles. The minimum absolute atomic E-state index is 0.0605. The summed E-state index contributed by atoms with van der Waals surface area (Å²) in [7, 11) is 0. The third-order valence-corrected chi connectivity index (χ3v) is 1.96. The van der Waals surface area contributed by atoms with Gasteiger partial charge in [-0.1, -0.05) is 20.8 Å². The minimum Gasteiger partial charge on any atom is -0.330 e. The molecule has 14 heavy (non-hydrogen) atoms. The highest BCUT2D eigenvalue weighted by Gasteiger charge is 2.14. The maximum absolute atomic E-state index is 11.7. The van der Waals surface area contributed by atoms with E-state index in [0.717, 1.165) is 5.56 Å². The van der Waals surface area contributed by atoms with Crippen LogP contribution < -0.4 is 11.3 Å². The molecule has 0 aliphatic heterocycles. The van der Waals surface area contributed by atoms with Gasteiger partial charge in [0.05, 0.1) is 0 Å². The van der Waals surface area contributed by atoms with Gasteiger partial charge in [-0.2, -0.15) is 0 Å². The summed E-state index contributed by atoms with van der Waals surface area (Å²) in [6.45, 7) is 7.52. The number of hydrogen-bond donors (Lipinski definition) is 2. The SMILES string of the molecule is CC(C)(C)Cn1[nH]cc(CCN)c1=O. The fourth-order valence-corrected chi connectivity index (χ4v) is 1.38. The van der Waals surface area contributed by atoms with Crippen LogP contribution in [0.5, 0.6) is 0 Å². The maximum Gasteiger partial charge on any atom is 0.269 e. The molecule has 1 aromatic rings. The first-order valence-electron chi connectivity index (χ1n) is 4.91. The molecule has 3 N–H and O–H groups in total. The van der Waals surface area contributed by atoms with Gasteiger partial charge in [-0.3, -0.25) is 9.48 Å². The number of H-pyrrole nitrogens is 1. The van der Waals surface area contributed by atoms with Crippen LogP contribution in [0.15, 0.2) is 11.0 Å². The lowest BCUT2D eigenvalue weighted by molar-refractivity contribution is 0.320. The van der Waals surface area contributed by atoms with Gasteiger partial charge in [-0.15, -0.1) is 0 Å². The number of nitrogens with two attached hydrogens (primary N) is 1. The fraction of sp³-hybridized carbons (Fsp3) is 0.700. The van der Waals surface area contributed by atoms with E-state index in [4.69, 9.17) is 5.73 Å². The van der Waals surface area contributed by atoms with Crippen molar-refractivity contribution in [1.82, 2.24) is 9.78 Å². The zero-order chi connectivity index (χ0) is 10.8. The molecule has 0 spiro atoms. The number of aromatic nitrogens is 2. The topological polar surface area (TPSA) is 63.8 Å². The van der Waals surface area contributed by atoms with Crippen molar-refractivity contribution in [3.05, 3.63) is 22.1 Å². The molecule has 0 aliphatic rings. The summed E-state index contributed by atoms with van der Waals surface area (Å²) in [5.41, 5.74) is 6.35. The standard InChI is InChI=1S/C10H19N3O/c1-10(2,3)7-13-9(14)8(4-5-11)6-12-13/h6,12H,4-5,7,11H2,1-3H3. The molecule has 0 bridgehead atoms. The molecule has 0 aliphatic carbocycles. The molecule has 1 heterocycles. The Labute approximate surface area is 84.1 Å². The lowest BCUT2D eigenvalue weighted by Crippen LogP contribution is -2.26. The van der Waals surface area contributed by atoms with Crippen LogP contribution in [0.4, 0.5) is 0 Å². The van der Waals surface area contributed by atoms with E-state index in [9.17, 15) is 4.79 Å². The van der Waals surface area contributed by atoms with Gasteiger partial charge >= 0.3 is 0 Å². The van der Waals surface area contributed by atoms with Crippen LogP contribution in [-0.2, 0) is 13.0 Å². The van der Waals surface area contributed by atoms with Gasteiger partial charge in [0.15, 0.2) is 0 Å². The van der Waals surface area contributed by atoms with E-state index in [0.29, 0.717) is 19.5 Å². The first-order valence-corrected chi connectivity index (χ1v) is 4.91. The van der Waals surface area contributed by atoms with Crippen LogP contribution >= 0.6 is 0 Å². The third-order valence-electron chi connectivity index (χ3n) is 1.96. The molecule has 0 atom stereocenters. The van der Waals surface area contributed by atoms with E-state index in [1.807, 2.05) is 0 Å². The van der Waals surface area contributed by atoms with Crippen LogP contribution in [-0.4, -0.2) is 16.3 Å². The van der Waals surface area contributed by atoms with Crippen molar-refractivity contribution in [1.29, 1.82) is 0 Å². The molecule has 0 amide bonds. The van der Waals surface area contributed by atoms with E-state index in [1.165, 1.54) is 0 Å². The van der Waals surface area contributed by atoms with Gasteiger partial charge in [0.25, 0.3) is 5.56 Å². The van der Waals surface area contributed by atoms with Crippen molar-refractivity contribution >= 4 is 0 Å². The molecule has 0 radical (unpaired) electrons. The lowest BCUT2D eigenvalue weighted by Gasteiger charge is -2.17. The summed E-state index contributed by atoms with van der Waals surface area (Å²) in [4.78, 5) is 11.7. The van der Waals surface area contributed by atoms with Crippen molar-refractivity contribution < 1.29 is 0 Å². The third kappa shape index (κ3) is 2.73. The molecule has 4 nitrogen and oxygen atoms in total. The van der Waals surface area contributed by atoms with Crippen LogP contribution in [0.2, 0.25) is 0 Å². The summed E-state index contributed by atoms with van der Waals surface area (Å²) >= 11 is 0. The Balaban J connectivity index is 2.85. The average molecular weight is 197 g/mol. The van der Waals surface area contributed by atoms with Gasteiger partial charge in [0.1, 0.15) is 0 Å². The Morgan fingerprint density at radius 1 is 1.50 bits per heavy atom. The number of aromatic amines is 1.